The van der Waals surface area contributed by atoms with Gasteiger partial charge in [0.05, 0.1) is 0 Å². The minimum Gasteiger partial charge on any atom is -0.0622 e. The maximum Gasteiger partial charge on any atom is 0.123 e. The Hall–Kier alpha value is -1.34. The standard InChI is InChI=1S/C14H12Si/c1-9-3-5-13-11(7-9)12-8-10(2)4-6-14(12)15-13/h3-8H,1-2H3. The number of aryl methyl sites for hydroxylation is 2. The van der Waals surface area contributed by atoms with Crippen molar-refractivity contribution in [1.29, 1.82) is 0 Å². The summed E-state index contributed by atoms with van der Waals surface area (Å²) in [5, 5.41) is 3.00. The Kier molecular flexibility index (Phi) is 1.83. The van der Waals surface area contributed by atoms with Crippen molar-refractivity contribution < 1.29 is 0 Å². The molecule has 0 amide bonds. The molecule has 0 saturated carbocycles. The zero-order valence-electron chi connectivity index (χ0n) is 8.96. The molecule has 0 aliphatic carbocycles. The van der Waals surface area contributed by atoms with Gasteiger partial charge in [-0.1, -0.05) is 57.9 Å². The summed E-state index contributed by atoms with van der Waals surface area (Å²) in [7, 11) is 0.844. The maximum atomic E-state index is 2.31. The van der Waals surface area contributed by atoms with E-state index in [0.29, 0.717) is 0 Å². The van der Waals surface area contributed by atoms with Gasteiger partial charge in [0.25, 0.3) is 0 Å². The second-order valence-corrected chi connectivity index (χ2v) is 5.55. The van der Waals surface area contributed by atoms with E-state index in [1.54, 1.807) is 0 Å². The van der Waals surface area contributed by atoms with Gasteiger partial charge in [0.15, 0.2) is 0 Å². The Morgan fingerprint density at radius 1 is 0.733 bits per heavy atom. The van der Waals surface area contributed by atoms with Crippen LogP contribution in [0.1, 0.15) is 11.1 Å². The minimum absolute atomic E-state index is 0.844. The highest BCUT2D eigenvalue weighted by molar-refractivity contribution is 6.73. The molecule has 0 N–H and O–H groups in total. The number of hydrogen-bond donors (Lipinski definition) is 0. The molecule has 1 aliphatic rings. The van der Waals surface area contributed by atoms with E-state index < -0.39 is 0 Å². The van der Waals surface area contributed by atoms with Crippen LogP contribution in [0, 0.1) is 13.8 Å². The third-order valence-electron chi connectivity index (χ3n) is 2.91. The predicted octanol–water partition coefficient (Wildman–Crippen LogP) is 1.94. The summed E-state index contributed by atoms with van der Waals surface area (Å²) in [6, 6.07) is 13.6. The van der Waals surface area contributed by atoms with Crippen LogP contribution in [0.25, 0.3) is 11.1 Å². The molecule has 15 heavy (non-hydrogen) atoms. The third kappa shape index (κ3) is 1.35. The largest absolute Gasteiger partial charge is 0.123 e. The molecule has 0 bridgehead atoms. The summed E-state index contributed by atoms with van der Waals surface area (Å²) in [5.74, 6) is 0. The predicted molar refractivity (Wildman–Crippen MR) is 66.4 cm³/mol. The fourth-order valence-corrected chi connectivity index (χ4v) is 3.43. The molecule has 0 saturated heterocycles. The van der Waals surface area contributed by atoms with E-state index in [1.807, 2.05) is 0 Å². The Bertz CT molecular complexity index is 492. The summed E-state index contributed by atoms with van der Waals surface area (Å²) in [6.45, 7) is 4.33. The molecular weight excluding hydrogens is 196 g/mol. The molecule has 1 aliphatic heterocycles. The van der Waals surface area contributed by atoms with Gasteiger partial charge in [0, 0.05) is 0 Å². The Morgan fingerprint density at radius 2 is 1.20 bits per heavy atom. The summed E-state index contributed by atoms with van der Waals surface area (Å²) < 4.78 is 0. The fraction of sp³-hybridized carbons (Fsp3) is 0.143. The Balaban J connectivity index is 2.28. The fourth-order valence-electron chi connectivity index (χ4n) is 2.12. The van der Waals surface area contributed by atoms with Gasteiger partial charge in [0.1, 0.15) is 9.52 Å². The molecule has 0 spiro atoms. The maximum absolute atomic E-state index is 2.31. The summed E-state index contributed by atoms with van der Waals surface area (Å²) in [5.41, 5.74) is 5.61. The van der Waals surface area contributed by atoms with Crippen LogP contribution in [0.3, 0.4) is 0 Å². The van der Waals surface area contributed by atoms with E-state index in [0.717, 1.165) is 9.52 Å². The first-order valence-corrected chi connectivity index (χ1v) is 6.23. The lowest BCUT2D eigenvalue weighted by Gasteiger charge is -2.03. The third-order valence-corrected chi connectivity index (χ3v) is 4.32. The van der Waals surface area contributed by atoms with Crippen LogP contribution < -0.4 is 10.4 Å². The Morgan fingerprint density at radius 3 is 1.67 bits per heavy atom. The molecule has 72 valence electrons. The smallest absolute Gasteiger partial charge is 0.0622 e. The molecule has 0 fully saturated rings. The van der Waals surface area contributed by atoms with Crippen LogP contribution >= 0.6 is 0 Å². The van der Waals surface area contributed by atoms with Crippen molar-refractivity contribution in [1.82, 2.24) is 0 Å². The van der Waals surface area contributed by atoms with Crippen molar-refractivity contribution in [2.45, 2.75) is 13.8 Å². The molecule has 0 nitrogen and oxygen atoms in total. The van der Waals surface area contributed by atoms with Crippen molar-refractivity contribution in [2.24, 2.45) is 0 Å². The average Bonchev–Trinajstić information content (AvgIpc) is 2.56. The lowest BCUT2D eigenvalue weighted by Crippen LogP contribution is -2.20. The number of fused-ring (bicyclic) bond motifs is 3. The van der Waals surface area contributed by atoms with Gasteiger partial charge in [-0.05, 0) is 25.0 Å². The highest BCUT2D eigenvalue weighted by Crippen LogP contribution is 2.21. The molecule has 1 heterocycles. The quantitative estimate of drug-likeness (QED) is 0.495. The molecule has 2 radical (unpaired) electrons. The van der Waals surface area contributed by atoms with Crippen molar-refractivity contribution >= 4 is 19.9 Å². The second-order valence-electron chi connectivity index (χ2n) is 4.22. The number of benzene rings is 2. The molecule has 2 aromatic carbocycles. The monoisotopic (exact) mass is 208 g/mol. The first-order valence-electron chi connectivity index (χ1n) is 5.23. The number of rotatable bonds is 0. The lowest BCUT2D eigenvalue weighted by atomic mass is 10.0. The normalized spacial score (nSPS) is 12.4. The van der Waals surface area contributed by atoms with E-state index in [2.05, 4.69) is 50.2 Å². The highest BCUT2D eigenvalue weighted by Gasteiger charge is 2.18. The zero-order chi connectivity index (χ0) is 10.4. The van der Waals surface area contributed by atoms with Gasteiger partial charge in [-0.25, -0.2) is 0 Å². The van der Waals surface area contributed by atoms with Gasteiger partial charge in [-0.3, -0.25) is 0 Å². The van der Waals surface area contributed by atoms with E-state index in [9.17, 15) is 0 Å². The number of hydrogen-bond acceptors (Lipinski definition) is 0. The van der Waals surface area contributed by atoms with Crippen LogP contribution in [0.15, 0.2) is 36.4 Å². The van der Waals surface area contributed by atoms with Crippen LogP contribution in [0.2, 0.25) is 0 Å². The van der Waals surface area contributed by atoms with E-state index >= 15 is 0 Å². The molecule has 2 aromatic rings. The van der Waals surface area contributed by atoms with Crippen LogP contribution in [-0.2, 0) is 0 Å². The van der Waals surface area contributed by atoms with Gasteiger partial charge in [0.2, 0.25) is 0 Å². The van der Waals surface area contributed by atoms with Gasteiger partial charge >= 0.3 is 0 Å². The van der Waals surface area contributed by atoms with E-state index in [4.69, 9.17) is 0 Å². The first-order chi connectivity index (χ1) is 7.24. The second kappa shape index (κ2) is 3.07. The average molecular weight is 208 g/mol. The van der Waals surface area contributed by atoms with Crippen molar-refractivity contribution in [3.8, 4) is 11.1 Å². The van der Waals surface area contributed by atoms with Gasteiger partial charge in [-0.2, -0.15) is 0 Å². The van der Waals surface area contributed by atoms with E-state index in [-0.39, 0.29) is 0 Å². The molecule has 0 aromatic heterocycles. The van der Waals surface area contributed by atoms with Crippen LogP contribution in [-0.4, -0.2) is 9.52 Å². The minimum atomic E-state index is 0.844. The van der Waals surface area contributed by atoms with Crippen LogP contribution in [0.5, 0.6) is 0 Å². The van der Waals surface area contributed by atoms with Crippen molar-refractivity contribution in [3.05, 3.63) is 47.5 Å². The highest BCUT2D eigenvalue weighted by atomic mass is 28.2. The summed E-state index contributed by atoms with van der Waals surface area (Å²) in [6.07, 6.45) is 0. The molecule has 0 unspecified atom stereocenters. The van der Waals surface area contributed by atoms with Crippen molar-refractivity contribution in [2.75, 3.05) is 0 Å². The van der Waals surface area contributed by atoms with E-state index in [1.165, 1.54) is 32.6 Å². The lowest BCUT2D eigenvalue weighted by molar-refractivity contribution is 1.47. The van der Waals surface area contributed by atoms with Gasteiger partial charge < -0.3 is 0 Å². The summed E-state index contributed by atoms with van der Waals surface area (Å²) in [4.78, 5) is 0. The molecule has 0 atom stereocenters. The molecular formula is C14H12Si. The van der Waals surface area contributed by atoms with Gasteiger partial charge in [-0.15, -0.1) is 0 Å². The van der Waals surface area contributed by atoms with Crippen molar-refractivity contribution in [3.63, 3.8) is 0 Å². The summed E-state index contributed by atoms with van der Waals surface area (Å²) >= 11 is 0. The molecule has 3 rings (SSSR count). The van der Waals surface area contributed by atoms with Crippen LogP contribution in [0.4, 0.5) is 0 Å². The zero-order valence-corrected chi connectivity index (χ0v) is 9.96. The molecule has 1 heteroatoms. The Labute approximate surface area is 92.8 Å². The first kappa shape index (κ1) is 8.92. The SMILES string of the molecule is Cc1ccc2c(c1)-c1cc(C)ccc1[Si]2. The topological polar surface area (TPSA) is 0 Å².